The zero-order chi connectivity index (χ0) is 15.4. The van der Waals surface area contributed by atoms with E-state index in [2.05, 4.69) is 0 Å². The van der Waals surface area contributed by atoms with Gasteiger partial charge in [0.15, 0.2) is 0 Å². The van der Waals surface area contributed by atoms with Crippen molar-refractivity contribution in [2.75, 3.05) is 13.7 Å². The molecule has 5 N–H and O–H groups in total. The highest BCUT2D eigenvalue weighted by Crippen LogP contribution is 2.34. The highest BCUT2D eigenvalue weighted by molar-refractivity contribution is 6.03. The number of primary amides is 2. The predicted molar refractivity (Wildman–Crippen MR) is 74.7 cm³/mol. The van der Waals surface area contributed by atoms with Gasteiger partial charge in [0.25, 0.3) is 5.91 Å². The van der Waals surface area contributed by atoms with Gasteiger partial charge in [-0.25, -0.2) is 0 Å². The number of carbonyl (C=O) groups excluding carboxylic acids is 2. The molecular weight excluding hydrogens is 260 g/mol. The summed E-state index contributed by atoms with van der Waals surface area (Å²) < 4.78 is 5.12. The molecule has 0 radical (unpaired) electrons. The summed E-state index contributed by atoms with van der Waals surface area (Å²) in [6.45, 7) is 3.51. The van der Waals surface area contributed by atoms with E-state index in [0.717, 1.165) is 0 Å². The third-order valence-corrected chi connectivity index (χ3v) is 3.31. The van der Waals surface area contributed by atoms with Crippen molar-refractivity contribution in [3.63, 3.8) is 0 Å². The van der Waals surface area contributed by atoms with E-state index in [1.807, 2.05) is 13.8 Å². The van der Waals surface area contributed by atoms with Crippen LogP contribution in [0.15, 0.2) is 12.1 Å². The largest absolute Gasteiger partial charge is 0.496 e. The Hall–Kier alpha value is -2.08. The maximum absolute atomic E-state index is 11.7. The van der Waals surface area contributed by atoms with Gasteiger partial charge in [0.1, 0.15) is 5.75 Å². The molecule has 0 bridgehead atoms. The minimum absolute atomic E-state index is 0.0108. The Kier molecular flexibility index (Phi) is 5.10. The highest BCUT2D eigenvalue weighted by atomic mass is 16.5. The summed E-state index contributed by atoms with van der Waals surface area (Å²) >= 11 is 0. The van der Waals surface area contributed by atoms with Gasteiger partial charge >= 0.3 is 0 Å². The number of carbonyl (C=O) groups is 2. The molecule has 1 rings (SSSR count). The Morgan fingerprint density at radius 3 is 2.20 bits per heavy atom. The smallest absolute Gasteiger partial charge is 0.252 e. The molecular formula is C14H20N2O4. The first kappa shape index (κ1) is 16.0. The second-order valence-electron chi connectivity index (χ2n) is 4.87. The topological polar surface area (TPSA) is 116 Å². The van der Waals surface area contributed by atoms with Gasteiger partial charge in [-0.05, 0) is 23.6 Å². The maximum atomic E-state index is 11.7. The molecule has 6 heteroatoms. The predicted octanol–water partition coefficient (Wildman–Crippen LogP) is 0.625. The Balaban J connectivity index is 3.72. The normalized spacial score (nSPS) is 12.2. The molecule has 6 nitrogen and oxygen atoms in total. The lowest BCUT2D eigenvalue weighted by Crippen LogP contribution is -2.25. The lowest BCUT2D eigenvalue weighted by atomic mass is 9.82. The van der Waals surface area contributed by atoms with E-state index >= 15 is 0 Å². The Labute approximate surface area is 117 Å². The quantitative estimate of drug-likeness (QED) is 0.708. The minimum Gasteiger partial charge on any atom is -0.496 e. The molecule has 0 unspecified atom stereocenters. The van der Waals surface area contributed by atoms with Crippen LogP contribution in [-0.2, 0) is 0 Å². The molecule has 1 aromatic rings. The average molecular weight is 280 g/mol. The van der Waals surface area contributed by atoms with Gasteiger partial charge in [-0.1, -0.05) is 13.8 Å². The monoisotopic (exact) mass is 280 g/mol. The van der Waals surface area contributed by atoms with Crippen LogP contribution in [0, 0.1) is 5.92 Å². The maximum Gasteiger partial charge on any atom is 0.252 e. The van der Waals surface area contributed by atoms with Crippen molar-refractivity contribution in [2.45, 2.75) is 19.8 Å². The molecule has 0 aromatic heterocycles. The number of aliphatic hydroxyl groups is 1. The van der Waals surface area contributed by atoms with Gasteiger partial charge in [-0.3, -0.25) is 9.59 Å². The van der Waals surface area contributed by atoms with Gasteiger partial charge in [0.05, 0.1) is 19.3 Å². The molecule has 0 aliphatic rings. The van der Waals surface area contributed by atoms with Crippen molar-refractivity contribution >= 4 is 11.8 Å². The first-order valence-corrected chi connectivity index (χ1v) is 6.26. The van der Waals surface area contributed by atoms with Crippen LogP contribution in [0.4, 0.5) is 0 Å². The summed E-state index contributed by atoms with van der Waals surface area (Å²) in [7, 11) is 1.40. The third-order valence-electron chi connectivity index (χ3n) is 3.31. The SMILES string of the molecule is COc1ccc(C(N)=O)c([C@@H](CO)C(C)C)c1C(N)=O. The number of benzene rings is 1. The van der Waals surface area contributed by atoms with Gasteiger partial charge in [0.2, 0.25) is 5.91 Å². The van der Waals surface area contributed by atoms with Gasteiger partial charge in [0, 0.05) is 11.5 Å². The van der Waals surface area contributed by atoms with Gasteiger partial charge in [-0.2, -0.15) is 0 Å². The second-order valence-corrected chi connectivity index (χ2v) is 4.87. The van der Waals surface area contributed by atoms with Crippen LogP contribution >= 0.6 is 0 Å². The van der Waals surface area contributed by atoms with E-state index in [0.29, 0.717) is 5.56 Å². The van der Waals surface area contributed by atoms with Crippen molar-refractivity contribution in [3.05, 3.63) is 28.8 Å². The molecule has 0 fully saturated rings. The van der Waals surface area contributed by atoms with Gasteiger partial charge in [-0.15, -0.1) is 0 Å². The molecule has 0 saturated carbocycles. The van der Waals surface area contributed by atoms with Crippen LogP contribution in [0.3, 0.4) is 0 Å². The van der Waals surface area contributed by atoms with Crippen molar-refractivity contribution in [1.82, 2.24) is 0 Å². The fourth-order valence-electron chi connectivity index (χ4n) is 2.26. The number of amides is 2. The zero-order valence-corrected chi connectivity index (χ0v) is 11.8. The number of nitrogens with two attached hydrogens (primary N) is 2. The van der Waals surface area contributed by atoms with Gasteiger partial charge < -0.3 is 21.3 Å². The number of methoxy groups -OCH3 is 1. The van der Waals surface area contributed by atoms with Crippen LogP contribution in [0.25, 0.3) is 0 Å². The number of hydrogen-bond acceptors (Lipinski definition) is 4. The third kappa shape index (κ3) is 2.91. The van der Waals surface area contributed by atoms with E-state index in [-0.39, 0.29) is 29.4 Å². The number of aliphatic hydroxyl groups excluding tert-OH is 1. The molecule has 0 heterocycles. The summed E-state index contributed by atoms with van der Waals surface area (Å²) in [5.74, 6) is -1.58. The number of hydrogen-bond donors (Lipinski definition) is 3. The first-order chi connectivity index (χ1) is 9.34. The highest BCUT2D eigenvalue weighted by Gasteiger charge is 2.28. The van der Waals surface area contributed by atoms with Crippen molar-refractivity contribution in [3.8, 4) is 5.75 Å². The molecule has 0 saturated heterocycles. The summed E-state index contributed by atoms with van der Waals surface area (Å²) in [5, 5.41) is 9.58. The van der Waals surface area contributed by atoms with E-state index in [9.17, 15) is 14.7 Å². The van der Waals surface area contributed by atoms with Crippen molar-refractivity contribution < 1.29 is 19.4 Å². The van der Waals surface area contributed by atoms with E-state index in [4.69, 9.17) is 16.2 Å². The van der Waals surface area contributed by atoms with E-state index < -0.39 is 17.7 Å². The molecule has 20 heavy (non-hydrogen) atoms. The fourth-order valence-corrected chi connectivity index (χ4v) is 2.26. The Bertz CT molecular complexity index is 526. The lowest BCUT2D eigenvalue weighted by Gasteiger charge is -2.24. The van der Waals surface area contributed by atoms with Crippen LogP contribution in [0.1, 0.15) is 46.0 Å². The van der Waals surface area contributed by atoms with Crippen LogP contribution in [-0.4, -0.2) is 30.6 Å². The second kappa shape index (κ2) is 6.38. The van der Waals surface area contributed by atoms with Crippen LogP contribution < -0.4 is 16.2 Å². The number of ether oxygens (including phenoxy) is 1. The summed E-state index contributed by atoms with van der Waals surface area (Å²) in [6, 6.07) is 2.95. The fraction of sp³-hybridized carbons (Fsp3) is 0.429. The summed E-state index contributed by atoms with van der Waals surface area (Å²) in [4.78, 5) is 23.3. The van der Waals surface area contributed by atoms with E-state index in [1.165, 1.54) is 19.2 Å². The molecule has 0 spiro atoms. The average Bonchev–Trinajstić information content (AvgIpc) is 2.37. The van der Waals surface area contributed by atoms with Crippen molar-refractivity contribution in [1.29, 1.82) is 0 Å². The Morgan fingerprint density at radius 1 is 1.25 bits per heavy atom. The van der Waals surface area contributed by atoms with E-state index in [1.54, 1.807) is 0 Å². The molecule has 110 valence electrons. The standard InChI is InChI=1S/C14H20N2O4/c1-7(2)9(6-17)11-8(13(15)18)4-5-10(20-3)12(11)14(16)19/h4-5,7,9,17H,6H2,1-3H3,(H2,15,18)(H2,16,19)/t9-/m0/s1. The number of rotatable bonds is 6. The first-order valence-electron chi connectivity index (χ1n) is 6.26. The van der Waals surface area contributed by atoms with Crippen LogP contribution in [0.5, 0.6) is 5.75 Å². The summed E-state index contributed by atoms with van der Waals surface area (Å²) in [6.07, 6.45) is 0. The molecule has 1 atom stereocenters. The molecule has 0 aliphatic heterocycles. The van der Waals surface area contributed by atoms with Crippen molar-refractivity contribution in [2.24, 2.45) is 17.4 Å². The summed E-state index contributed by atoms with van der Waals surface area (Å²) in [5.41, 5.74) is 11.4. The minimum atomic E-state index is -0.723. The lowest BCUT2D eigenvalue weighted by molar-refractivity contribution is 0.0994. The zero-order valence-electron chi connectivity index (χ0n) is 11.8. The molecule has 1 aromatic carbocycles. The molecule has 2 amide bonds. The Morgan fingerprint density at radius 2 is 1.85 bits per heavy atom. The van der Waals surface area contributed by atoms with Crippen LogP contribution in [0.2, 0.25) is 0 Å². The molecule has 0 aliphatic carbocycles.